The van der Waals surface area contributed by atoms with Crippen molar-refractivity contribution in [3.63, 3.8) is 0 Å². The van der Waals surface area contributed by atoms with Crippen LogP contribution in [0.15, 0.2) is 71.7 Å². The van der Waals surface area contributed by atoms with Crippen molar-refractivity contribution in [2.75, 3.05) is 24.7 Å². The summed E-state index contributed by atoms with van der Waals surface area (Å²) in [4.78, 5) is 30.6. The highest BCUT2D eigenvalue weighted by Crippen LogP contribution is 2.41. The monoisotopic (exact) mass is 510 g/mol. The lowest BCUT2D eigenvalue weighted by atomic mass is 9.83. The van der Waals surface area contributed by atoms with Crippen LogP contribution in [-0.4, -0.2) is 39.7 Å². The number of hydrogen-bond acceptors (Lipinski definition) is 3. The van der Waals surface area contributed by atoms with E-state index >= 15 is 0 Å². The summed E-state index contributed by atoms with van der Waals surface area (Å²) in [5, 5.41) is 1.74. The van der Waals surface area contributed by atoms with Crippen LogP contribution in [0.5, 0.6) is 0 Å². The Balaban J connectivity index is 1.23. The molecule has 37 heavy (non-hydrogen) atoms. The summed E-state index contributed by atoms with van der Waals surface area (Å²) in [7, 11) is 2.03. The number of piperidine rings is 1. The number of aromatic nitrogens is 2. The molecule has 2 aromatic carbocycles. The second-order valence-corrected chi connectivity index (χ2v) is 11.0. The van der Waals surface area contributed by atoms with Gasteiger partial charge in [0.25, 0.3) is 11.5 Å². The maximum atomic E-state index is 13.9. The Kier molecular flexibility index (Phi) is 5.17. The first kappa shape index (κ1) is 22.6. The lowest BCUT2D eigenvalue weighted by Crippen LogP contribution is -2.50. The Morgan fingerprint density at radius 3 is 2.76 bits per heavy atom. The van der Waals surface area contributed by atoms with Gasteiger partial charge in [0.1, 0.15) is 0 Å². The topological polar surface area (TPSA) is 50.5 Å². The van der Waals surface area contributed by atoms with E-state index < -0.39 is 0 Å². The van der Waals surface area contributed by atoms with Crippen LogP contribution in [0.25, 0.3) is 22.6 Å². The van der Waals surface area contributed by atoms with Gasteiger partial charge in [-0.25, -0.2) is 0 Å². The van der Waals surface area contributed by atoms with E-state index in [9.17, 15) is 9.59 Å². The van der Waals surface area contributed by atoms with Gasteiger partial charge in [-0.2, -0.15) is 0 Å². The number of likely N-dealkylation sites (tertiary alicyclic amines) is 1. The van der Waals surface area contributed by atoms with Gasteiger partial charge in [-0.15, -0.1) is 0 Å². The van der Waals surface area contributed by atoms with Crippen molar-refractivity contribution >= 4 is 45.7 Å². The standard InChI is InChI=1S/C30H27ClN4O2/c1-32-16-20(23-5-2-3-6-27(23)32)12-25-24-10-9-22(31)13-28(24)35(30(25)37)18-33-14-19-11-21(17-33)26-7-4-8-29(36)34(26)15-19/h2-10,12-13,16,19,21H,11,14-15,17-18H2,1H3/b25-12-/t19-,21?/m1/s1. The lowest BCUT2D eigenvalue weighted by molar-refractivity contribution is -0.113. The van der Waals surface area contributed by atoms with Crippen LogP contribution in [0.3, 0.4) is 0 Å². The second kappa shape index (κ2) is 8.47. The fourth-order valence-corrected chi connectivity index (χ4v) is 6.73. The predicted octanol–water partition coefficient (Wildman–Crippen LogP) is 4.96. The third-order valence-corrected chi connectivity index (χ3v) is 8.38. The van der Waals surface area contributed by atoms with Crippen molar-refractivity contribution < 1.29 is 4.79 Å². The van der Waals surface area contributed by atoms with Gasteiger partial charge in [0, 0.05) is 83.2 Å². The van der Waals surface area contributed by atoms with Gasteiger partial charge in [-0.1, -0.05) is 41.9 Å². The number of nitrogens with zero attached hydrogens (tertiary/aromatic N) is 4. The zero-order valence-corrected chi connectivity index (χ0v) is 21.4. The van der Waals surface area contributed by atoms with Gasteiger partial charge in [-0.3, -0.25) is 19.4 Å². The number of pyridine rings is 1. The first-order chi connectivity index (χ1) is 18.0. The average Bonchev–Trinajstić information content (AvgIpc) is 3.34. The van der Waals surface area contributed by atoms with E-state index in [0.717, 1.165) is 59.5 Å². The number of aryl methyl sites for hydroxylation is 1. The number of carbonyl (C=O) groups excluding carboxylic acids is 1. The molecule has 2 atom stereocenters. The minimum atomic E-state index is -0.00227. The average molecular weight is 511 g/mol. The molecule has 4 aromatic rings. The lowest BCUT2D eigenvalue weighted by Gasteiger charge is -2.43. The molecule has 6 nitrogen and oxygen atoms in total. The van der Waals surface area contributed by atoms with E-state index in [1.54, 1.807) is 6.07 Å². The van der Waals surface area contributed by atoms with Gasteiger partial charge in [0.2, 0.25) is 0 Å². The largest absolute Gasteiger partial charge is 0.350 e. The third kappa shape index (κ3) is 3.66. The van der Waals surface area contributed by atoms with E-state index in [2.05, 4.69) is 33.9 Å². The normalized spacial score (nSPS) is 22.1. The number of carbonyl (C=O) groups is 1. The molecule has 0 radical (unpaired) electrons. The van der Waals surface area contributed by atoms with E-state index in [-0.39, 0.29) is 11.5 Å². The van der Waals surface area contributed by atoms with Crippen LogP contribution in [-0.2, 0) is 18.4 Å². The molecule has 0 saturated carbocycles. The van der Waals surface area contributed by atoms with Gasteiger partial charge in [0.05, 0.1) is 12.4 Å². The fourth-order valence-electron chi connectivity index (χ4n) is 6.56. The molecule has 3 aliphatic rings. The number of amides is 1. The van der Waals surface area contributed by atoms with Gasteiger partial charge < -0.3 is 9.13 Å². The molecule has 1 amide bonds. The predicted molar refractivity (Wildman–Crippen MR) is 148 cm³/mol. The summed E-state index contributed by atoms with van der Waals surface area (Å²) in [6.07, 6.45) is 5.18. The van der Waals surface area contributed by atoms with Gasteiger partial charge in [0.15, 0.2) is 0 Å². The molecule has 1 fully saturated rings. The van der Waals surface area contributed by atoms with Gasteiger partial charge in [-0.05, 0) is 42.7 Å². The molecule has 7 heteroatoms. The Morgan fingerprint density at radius 2 is 1.86 bits per heavy atom. The van der Waals surface area contributed by atoms with Crippen molar-refractivity contribution in [2.45, 2.75) is 18.9 Å². The smallest absolute Gasteiger partial charge is 0.260 e. The van der Waals surface area contributed by atoms with Crippen molar-refractivity contribution in [1.82, 2.24) is 14.0 Å². The van der Waals surface area contributed by atoms with Crippen molar-refractivity contribution in [3.05, 3.63) is 99.1 Å². The highest BCUT2D eigenvalue weighted by Gasteiger charge is 2.38. The molecule has 0 aliphatic carbocycles. The molecule has 1 saturated heterocycles. The van der Waals surface area contributed by atoms with E-state index in [4.69, 9.17) is 11.6 Å². The summed E-state index contributed by atoms with van der Waals surface area (Å²) in [5.74, 6) is 0.690. The summed E-state index contributed by atoms with van der Waals surface area (Å²) in [6, 6.07) is 19.5. The first-order valence-corrected chi connectivity index (χ1v) is 13.1. The minimum absolute atomic E-state index is 0.00227. The number of rotatable bonds is 3. The van der Waals surface area contributed by atoms with Crippen molar-refractivity contribution in [2.24, 2.45) is 13.0 Å². The molecule has 3 aliphatic heterocycles. The quantitative estimate of drug-likeness (QED) is 0.366. The highest BCUT2D eigenvalue weighted by atomic mass is 35.5. The summed E-state index contributed by atoms with van der Waals surface area (Å²) < 4.78 is 4.04. The maximum Gasteiger partial charge on any atom is 0.260 e. The Hall–Kier alpha value is -3.61. The number of halogens is 1. The van der Waals surface area contributed by atoms with Gasteiger partial charge >= 0.3 is 0 Å². The highest BCUT2D eigenvalue weighted by molar-refractivity contribution is 6.37. The Morgan fingerprint density at radius 1 is 1.00 bits per heavy atom. The van der Waals surface area contributed by atoms with Crippen molar-refractivity contribution in [1.29, 1.82) is 0 Å². The summed E-state index contributed by atoms with van der Waals surface area (Å²) in [6.45, 7) is 2.93. The van der Waals surface area contributed by atoms with Crippen LogP contribution < -0.4 is 10.5 Å². The zero-order chi connectivity index (χ0) is 25.3. The number of anilines is 1. The molecule has 1 unspecified atom stereocenters. The Bertz CT molecular complexity index is 1670. The number of benzene rings is 2. The molecule has 2 aromatic heterocycles. The van der Waals surface area contributed by atoms with Crippen LogP contribution in [0, 0.1) is 5.92 Å². The van der Waals surface area contributed by atoms with Crippen LogP contribution in [0.2, 0.25) is 5.02 Å². The molecular weight excluding hydrogens is 484 g/mol. The van der Waals surface area contributed by atoms with E-state index in [0.29, 0.717) is 29.1 Å². The number of hydrogen-bond donors (Lipinski definition) is 0. The van der Waals surface area contributed by atoms with Crippen LogP contribution in [0.4, 0.5) is 5.69 Å². The van der Waals surface area contributed by atoms with Crippen molar-refractivity contribution in [3.8, 4) is 0 Å². The van der Waals surface area contributed by atoms with Crippen LogP contribution in [0.1, 0.15) is 29.2 Å². The number of fused-ring (bicyclic) bond motifs is 6. The molecule has 2 bridgehead atoms. The maximum absolute atomic E-state index is 13.9. The second-order valence-electron chi connectivity index (χ2n) is 10.5. The molecule has 0 spiro atoms. The summed E-state index contributed by atoms with van der Waals surface area (Å²) in [5.41, 5.74) is 5.82. The molecular formula is C30H27ClN4O2. The summed E-state index contributed by atoms with van der Waals surface area (Å²) >= 11 is 6.41. The third-order valence-electron chi connectivity index (χ3n) is 8.14. The molecule has 0 N–H and O–H groups in total. The molecule has 7 rings (SSSR count). The SMILES string of the molecule is Cn1cc(/C=C2\C(=O)N(CN3CC4C[C@H](C3)Cn3c4cccc3=O)c3cc(Cl)ccc32)c2ccccc21. The van der Waals surface area contributed by atoms with E-state index in [1.807, 2.05) is 59.0 Å². The molecule has 5 heterocycles. The molecule has 186 valence electrons. The van der Waals surface area contributed by atoms with E-state index in [1.165, 1.54) is 0 Å². The zero-order valence-electron chi connectivity index (χ0n) is 20.6. The Labute approximate surface area is 220 Å². The minimum Gasteiger partial charge on any atom is -0.350 e. The number of para-hydroxylation sites is 1. The first-order valence-electron chi connectivity index (χ1n) is 12.8. The van der Waals surface area contributed by atoms with Crippen LogP contribution >= 0.6 is 11.6 Å². The fraction of sp³-hybridized carbons (Fsp3) is 0.267.